The number of aromatic nitrogens is 2. The molecule has 0 bridgehead atoms. The van der Waals surface area contributed by atoms with E-state index in [9.17, 15) is 21.6 Å². The number of nitrogens with zero attached hydrogens (tertiary/aromatic N) is 3. The second kappa shape index (κ2) is 6.72. The quantitative estimate of drug-likeness (QED) is 0.751. The summed E-state index contributed by atoms with van der Waals surface area (Å²) in [5.41, 5.74) is -0.136. The van der Waals surface area contributed by atoms with Crippen LogP contribution in [0.25, 0.3) is 0 Å². The molecule has 1 aromatic heterocycles. The van der Waals surface area contributed by atoms with Crippen LogP contribution >= 0.6 is 0 Å². The van der Waals surface area contributed by atoms with E-state index in [1.807, 2.05) is 13.8 Å². The molecule has 0 amide bonds. The van der Waals surface area contributed by atoms with Gasteiger partial charge in [0.05, 0.1) is 11.5 Å². The topological polar surface area (TPSA) is 55.2 Å². The van der Waals surface area contributed by atoms with E-state index in [0.29, 0.717) is 23.2 Å². The Labute approximate surface area is 164 Å². The van der Waals surface area contributed by atoms with Crippen molar-refractivity contribution in [1.82, 2.24) is 14.7 Å². The molecular weight excluding hydrogens is 391 g/mol. The highest BCUT2D eigenvalue weighted by Gasteiger charge is 2.53. The molecule has 28 heavy (non-hydrogen) atoms. The molecule has 0 atom stereocenters. The lowest BCUT2D eigenvalue weighted by atomic mass is 9.83. The maximum Gasteiger partial charge on any atom is 0.435 e. The molecule has 1 spiro atoms. The van der Waals surface area contributed by atoms with Gasteiger partial charge in [-0.2, -0.15) is 18.3 Å². The molecule has 0 radical (unpaired) electrons. The lowest BCUT2D eigenvalue weighted by Crippen LogP contribution is -2.51. The Hall–Kier alpha value is -1.09. The summed E-state index contributed by atoms with van der Waals surface area (Å²) in [6, 6.07) is 1.54. The van der Waals surface area contributed by atoms with Crippen molar-refractivity contribution in [3.63, 3.8) is 0 Å². The maximum atomic E-state index is 13.1. The summed E-state index contributed by atoms with van der Waals surface area (Å²) in [4.78, 5) is 2.42. The van der Waals surface area contributed by atoms with E-state index in [1.54, 1.807) is 0 Å². The Bertz CT molecular complexity index is 827. The van der Waals surface area contributed by atoms with Crippen molar-refractivity contribution in [3.05, 3.63) is 17.5 Å². The largest absolute Gasteiger partial charge is 0.435 e. The fourth-order valence-corrected chi connectivity index (χ4v) is 7.66. The molecule has 0 N–H and O–H groups in total. The number of rotatable bonds is 3. The smallest absolute Gasteiger partial charge is 0.300 e. The van der Waals surface area contributed by atoms with E-state index in [2.05, 4.69) is 10.00 Å². The van der Waals surface area contributed by atoms with Gasteiger partial charge >= 0.3 is 6.18 Å². The number of sulfone groups is 1. The van der Waals surface area contributed by atoms with Crippen LogP contribution in [0.15, 0.2) is 6.07 Å². The van der Waals surface area contributed by atoms with Crippen molar-refractivity contribution in [2.24, 2.45) is 5.41 Å². The van der Waals surface area contributed by atoms with Gasteiger partial charge in [0.15, 0.2) is 15.5 Å². The monoisotopic (exact) mass is 419 g/mol. The second-order valence-electron chi connectivity index (χ2n) is 9.25. The first-order valence-corrected chi connectivity index (χ1v) is 11.9. The minimum Gasteiger partial charge on any atom is -0.300 e. The summed E-state index contributed by atoms with van der Waals surface area (Å²) in [6.07, 6.45) is 0.112. The van der Waals surface area contributed by atoms with E-state index >= 15 is 0 Å². The minimum atomic E-state index is -4.42. The Morgan fingerprint density at radius 1 is 1.18 bits per heavy atom. The maximum absolute atomic E-state index is 13.1. The SMILES string of the molecule is CC(C)n1nc(C(F)(F)F)cc1[C@H]1CC[C@@H](N2CCC3(C2)CS(=O)(=O)C3)CC1. The summed E-state index contributed by atoms with van der Waals surface area (Å²) in [7, 11) is -2.82. The molecule has 158 valence electrons. The molecule has 9 heteroatoms. The summed E-state index contributed by atoms with van der Waals surface area (Å²) in [5, 5.41) is 3.83. The standard InChI is InChI=1S/C19H28F3N3O2S/c1-13(2)25-16(9-17(23-25)19(20,21)22)14-3-5-15(6-4-14)24-8-7-18(10-24)11-28(26,27)12-18/h9,13-15H,3-8,10-12H2,1-2H3/t14-,15+. The predicted molar refractivity (Wildman–Crippen MR) is 99.9 cm³/mol. The van der Waals surface area contributed by atoms with Gasteiger partial charge in [-0.15, -0.1) is 0 Å². The Balaban J connectivity index is 1.40. The summed E-state index contributed by atoms with van der Waals surface area (Å²) in [5.74, 6) is 0.738. The Kier molecular flexibility index (Phi) is 4.85. The number of hydrogen-bond acceptors (Lipinski definition) is 4. The molecule has 2 saturated heterocycles. The summed E-state index contributed by atoms with van der Waals surface area (Å²) >= 11 is 0. The zero-order valence-corrected chi connectivity index (χ0v) is 17.2. The third kappa shape index (κ3) is 3.72. The highest BCUT2D eigenvalue weighted by molar-refractivity contribution is 7.92. The first-order chi connectivity index (χ1) is 13.0. The highest BCUT2D eigenvalue weighted by Crippen LogP contribution is 2.45. The predicted octanol–water partition coefficient (Wildman–Crippen LogP) is 3.63. The lowest BCUT2D eigenvalue weighted by Gasteiger charge is -2.40. The van der Waals surface area contributed by atoms with Crippen molar-refractivity contribution in [2.75, 3.05) is 24.6 Å². The molecule has 4 rings (SSSR count). The molecule has 3 aliphatic rings. The zero-order valence-electron chi connectivity index (χ0n) is 16.4. The fourth-order valence-electron chi connectivity index (χ4n) is 5.41. The van der Waals surface area contributed by atoms with Gasteiger partial charge in [-0.25, -0.2) is 8.42 Å². The van der Waals surface area contributed by atoms with E-state index in [4.69, 9.17) is 0 Å². The zero-order chi connectivity index (χ0) is 20.3. The molecule has 1 aromatic rings. The summed E-state index contributed by atoms with van der Waals surface area (Å²) < 4.78 is 64.1. The number of alkyl halides is 3. The molecular formula is C19H28F3N3O2S. The van der Waals surface area contributed by atoms with E-state index in [1.165, 1.54) is 10.7 Å². The first kappa shape index (κ1) is 20.2. The van der Waals surface area contributed by atoms with Crippen LogP contribution in [0.1, 0.15) is 69.3 Å². The minimum absolute atomic E-state index is 0.0342. The third-order valence-electron chi connectivity index (χ3n) is 6.70. The molecule has 3 fully saturated rings. The molecule has 3 heterocycles. The Morgan fingerprint density at radius 2 is 1.82 bits per heavy atom. The van der Waals surface area contributed by atoms with E-state index in [-0.39, 0.29) is 17.4 Å². The van der Waals surface area contributed by atoms with Gasteiger partial charge in [0.2, 0.25) is 0 Å². The normalized spacial score (nSPS) is 30.1. The van der Waals surface area contributed by atoms with Gasteiger partial charge in [0.25, 0.3) is 0 Å². The molecule has 0 unspecified atom stereocenters. The lowest BCUT2D eigenvalue weighted by molar-refractivity contribution is -0.141. The van der Waals surface area contributed by atoms with Crippen molar-refractivity contribution < 1.29 is 21.6 Å². The number of hydrogen-bond donors (Lipinski definition) is 0. The van der Waals surface area contributed by atoms with Crippen LogP contribution in [-0.2, 0) is 16.0 Å². The van der Waals surface area contributed by atoms with Crippen molar-refractivity contribution >= 4 is 9.84 Å². The van der Waals surface area contributed by atoms with Gasteiger partial charge in [-0.3, -0.25) is 9.58 Å². The van der Waals surface area contributed by atoms with Gasteiger partial charge in [0, 0.05) is 35.7 Å². The fraction of sp³-hybridized carbons (Fsp3) is 0.842. The molecule has 1 aliphatic carbocycles. The highest BCUT2D eigenvalue weighted by atomic mass is 32.2. The second-order valence-corrected chi connectivity index (χ2v) is 11.3. The Morgan fingerprint density at radius 3 is 2.36 bits per heavy atom. The molecule has 0 aromatic carbocycles. The van der Waals surface area contributed by atoms with Gasteiger partial charge in [-0.1, -0.05) is 0 Å². The average molecular weight is 420 g/mol. The number of likely N-dealkylation sites (tertiary alicyclic amines) is 1. The average Bonchev–Trinajstić information content (AvgIpc) is 3.18. The molecule has 5 nitrogen and oxygen atoms in total. The van der Waals surface area contributed by atoms with Crippen molar-refractivity contribution in [2.45, 2.75) is 70.1 Å². The van der Waals surface area contributed by atoms with E-state index < -0.39 is 21.7 Å². The summed E-state index contributed by atoms with van der Waals surface area (Å²) in [6.45, 7) is 5.51. The van der Waals surface area contributed by atoms with Crippen molar-refractivity contribution in [1.29, 1.82) is 0 Å². The van der Waals surface area contributed by atoms with Crippen LogP contribution in [0, 0.1) is 5.41 Å². The van der Waals surface area contributed by atoms with Crippen molar-refractivity contribution in [3.8, 4) is 0 Å². The van der Waals surface area contributed by atoms with Crippen LogP contribution in [-0.4, -0.2) is 53.7 Å². The first-order valence-electron chi connectivity index (χ1n) is 10.1. The van der Waals surface area contributed by atoms with Crippen LogP contribution in [0.4, 0.5) is 13.2 Å². The molecule has 1 saturated carbocycles. The van der Waals surface area contributed by atoms with Crippen LogP contribution in [0.5, 0.6) is 0 Å². The van der Waals surface area contributed by atoms with Gasteiger partial charge in [-0.05, 0) is 58.6 Å². The third-order valence-corrected chi connectivity index (χ3v) is 8.80. The van der Waals surface area contributed by atoms with Crippen LogP contribution in [0.3, 0.4) is 0 Å². The van der Waals surface area contributed by atoms with Crippen LogP contribution in [0.2, 0.25) is 0 Å². The van der Waals surface area contributed by atoms with E-state index in [0.717, 1.165) is 45.2 Å². The van der Waals surface area contributed by atoms with Gasteiger partial charge in [0.1, 0.15) is 0 Å². The van der Waals surface area contributed by atoms with Crippen LogP contribution < -0.4 is 0 Å². The number of halogens is 3. The molecule has 2 aliphatic heterocycles. The van der Waals surface area contributed by atoms with Gasteiger partial charge < -0.3 is 0 Å².